The molecule has 0 aromatic heterocycles. The van der Waals surface area contributed by atoms with Crippen LogP contribution < -0.4 is 5.73 Å². The van der Waals surface area contributed by atoms with Crippen molar-refractivity contribution in [2.75, 3.05) is 26.2 Å². The zero-order valence-corrected chi connectivity index (χ0v) is 11.8. The number of piperazine rings is 1. The molecule has 1 aromatic rings. The van der Waals surface area contributed by atoms with Gasteiger partial charge in [-0.25, -0.2) is 4.39 Å². The number of nitrogens with zero attached hydrogens (tertiary/aromatic N) is 2. The Labute approximate surface area is 115 Å². The SMILES string of the molecule is C[C@@H]1CN(Cc2ccc(F)cc2)[C@@H](C)CN1CCN. The summed E-state index contributed by atoms with van der Waals surface area (Å²) in [4.78, 5) is 4.91. The van der Waals surface area contributed by atoms with E-state index in [-0.39, 0.29) is 5.82 Å². The Morgan fingerprint density at radius 1 is 1.11 bits per heavy atom. The number of halogens is 1. The molecule has 0 radical (unpaired) electrons. The first-order valence-electron chi connectivity index (χ1n) is 7.02. The van der Waals surface area contributed by atoms with Gasteiger partial charge >= 0.3 is 0 Å². The Morgan fingerprint density at radius 3 is 2.32 bits per heavy atom. The van der Waals surface area contributed by atoms with Crippen molar-refractivity contribution in [3.05, 3.63) is 35.6 Å². The fourth-order valence-electron chi connectivity index (χ4n) is 2.79. The molecule has 19 heavy (non-hydrogen) atoms. The zero-order chi connectivity index (χ0) is 13.8. The van der Waals surface area contributed by atoms with Gasteiger partial charge in [-0.15, -0.1) is 0 Å². The van der Waals surface area contributed by atoms with Crippen molar-refractivity contribution < 1.29 is 4.39 Å². The molecule has 2 atom stereocenters. The van der Waals surface area contributed by atoms with Gasteiger partial charge in [-0.1, -0.05) is 12.1 Å². The standard InChI is InChI=1S/C15H24FN3/c1-12-10-19(13(2)9-18(12)8-7-17)11-14-3-5-15(16)6-4-14/h3-6,12-13H,7-11,17H2,1-2H3/t12-,13+/m1/s1. The lowest BCUT2D eigenvalue weighted by Crippen LogP contribution is -2.56. The maximum Gasteiger partial charge on any atom is 0.123 e. The molecule has 106 valence electrons. The summed E-state index contributed by atoms with van der Waals surface area (Å²) in [6.45, 7) is 9.17. The van der Waals surface area contributed by atoms with Crippen molar-refractivity contribution in [3.63, 3.8) is 0 Å². The van der Waals surface area contributed by atoms with E-state index < -0.39 is 0 Å². The van der Waals surface area contributed by atoms with Crippen molar-refractivity contribution in [2.24, 2.45) is 5.73 Å². The lowest BCUT2D eigenvalue weighted by atomic mass is 10.1. The highest BCUT2D eigenvalue weighted by Gasteiger charge is 2.28. The molecule has 0 spiro atoms. The maximum absolute atomic E-state index is 12.9. The summed E-state index contributed by atoms with van der Waals surface area (Å²) in [6.07, 6.45) is 0. The molecule has 1 fully saturated rings. The lowest BCUT2D eigenvalue weighted by Gasteiger charge is -2.44. The second-order valence-corrected chi connectivity index (χ2v) is 5.54. The van der Waals surface area contributed by atoms with Crippen LogP contribution >= 0.6 is 0 Å². The van der Waals surface area contributed by atoms with E-state index in [1.54, 1.807) is 0 Å². The molecule has 1 aliphatic heterocycles. The van der Waals surface area contributed by atoms with Gasteiger partial charge in [0.05, 0.1) is 0 Å². The molecule has 1 heterocycles. The summed E-state index contributed by atoms with van der Waals surface area (Å²) >= 11 is 0. The van der Waals surface area contributed by atoms with Crippen LogP contribution in [0.5, 0.6) is 0 Å². The molecule has 0 amide bonds. The second kappa shape index (κ2) is 6.46. The fraction of sp³-hybridized carbons (Fsp3) is 0.600. The zero-order valence-electron chi connectivity index (χ0n) is 11.8. The van der Waals surface area contributed by atoms with Crippen molar-refractivity contribution in [3.8, 4) is 0 Å². The molecule has 1 aromatic carbocycles. The summed E-state index contributed by atoms with van der Waals surface area (Å²) in [5.74, 6) is -0.169. The van der Waals surface area contributed by atoms with Gasteiger partial charge in [0.15, 0.2) is 0 Å². The minimum atomic E-state index is -0.169. The van der Waals surface area contributed by atoms with E-state index in [0.29, 0.717) is 12.1 Å². The number of rotatable bonds is 4. The Kier molecular flexibility index (Phi) is 4.91. The average Bonchev–Trinajstić information content (AvgIpc) is 2.38. The lowest BCUT2D eigenvalue weighted by molar-refractivity contribution is 0.0397. The molecule has 1 aliphatic rings. The molecule has 1 saturated heterocycles. The smallest absolute Gasteiger partial charge is 0.123 e. The van der Waals surface area contributed by atoms with Gasteiger partial charge in [0.1, 0.15) is 5.82 Å². The first-order chi connectivity index (χ1) is 9.10. The molecule has 0 saturated carbocycles. The number of nitrogens with two attached hydrogens (primary N) is 1. The molecule has 0 bridgehead atoms. The van der Waals surface area contributed by atoms with Crippen molar-refractivity contribution in [2.45, 2.75) is 32.5 Å². The first-order valence-corrected chi connectivity index (χ1v) is 7.02. The highest BCUT2D eigenvalue weighted by molar-refractivity contribution is 5.16. The normalized spacial score (nSPS) is 25.7. The van der Waals surface area contributed by atoms with Crippen molar-refractivity contribution in [1.82, 2.24) is 9.80 Å². The van der Waals surface area contributed by atoms with E-state index in [2.05, 4.69) is 23.6 Å². The Morgan fingerprint density at radius 2 is 1.68 bits per heavy atom. The molecular formula is C15H24FN3. The van der Waals surface area contributed by atoms with Gasteiger partial charge in [-0.05, 0) is 31.5 Å². The van der Waals surface area contributed by atoms with Crippen LogP contribution in [0.15, 0.2) is 24.3 Å². The molecule has 4 heteroatoms. The Bertz CT molecular complexity index is 393. The third-order valence-electron chi connectivity index (χ3n) is 3.96. The number of hydrogen-bond donors (Lipinski definition) is 1. The molecule has 3 nitrogen and oxygen atoms in total. The predicted molar refractivity (Wildman–Crippen MR) is 76.4 cm³/mol. The minimum Gasteiger partial charge on any atom is -0.329 e. The molecular weight excluding hydrogens is 241 g/mol. The van der Waals surface area contributed by atoms with Crippen molar-refractivity contribution >= 4 is 0 Å². The van der Waals surface area contributed by atoms with Crippen LogP contribution in [-0.4, -0.2) is 48.1 Å². The summed E-state index contributed by atoms with van der Waals surface area (Å²) < 4.78 is 12.9. The molecule has 0 unspecified atom stereocenters. The van der Waals surface area contributed by atoms with E-state index in [1.165, 1.54) is 17.7 Å². The van der Waals surface area contributed by atoms with Crippen LogP contribution in [0.4, 0.5) is 4.39 Å². The predicted octanol–water partition coefficient (Wildman–Crippen LogP) is 1.68. The van der Waals surface area contributed by atoms with Gasteiger partial charge in [-0.3, -0.25) is 9.80 Å². The fourth-order valence-corrected chi connectivity index (χ4v) is 2.79. The summed E-state index contributed by atoms with van der Waals surface area (Å²) in [5.41, 5.74) is 6.82. The van der Waals surface area contributed by atoms with Crippen LogP contribution in [0.1, 0.15) is 19.4 Å². The van der Waals surface area contributed by atoms with E-state index in [4.69, 9.17) is 5.73 Å². The molecule has 0 aliphatic carbocycles. The second-order valence-electron chi connectivity index (χ2n) is 5.54. The van der Waals surface area contributed by atoms with E-state index >= 15 is 0 Å². The molecule has 2 rings (SSSR count). The minimum absolute atomic E-state index is 0.169. The van der Waals surface area contributed by atoms with E-state index in [0.717, 1.165) is 32.7 Å². The summed E-state index contributed by atoms with van der Waals surface area (Å²) in [7, 11) is 0. The Balaban J connectivity index is 1.96. The van der Waals surface area contributed by atoms with Crippen LogP contribution in [-0.2, 0) is 6.54 Å². The summed E-state index contributed by atoms with van der Waals surface area (Å²) in [5, 5.41) is 0. The number of hydrogen-bond acceptors (Lipinski definition) is 3. The van der Waals surface area contributed by atoms with Crippen LogP contribution in [0.25, 0.3) is 0 Å². The monoisotopic (exact) mass is 265 g/mol. The van der Waals surface area contributed by atoms with Gasteiger partial charge in [0.2, 0.25) is 0 Å². The van der Waals surface area contributed by atoms with Gasteiger partial charge < -0.3 is 5.73 Å². The van der Waals surface area contributed by atoms with Gasteiger partial charge in [0.25, 0.3) is 0 Å². The first kappa shape index (κ1) is 14.4. The Hall–Kier alpha value is -0.970. The van der Waals surface area contributed by atoms with E-state index in [9.17, 15) is 4.39 Å². The van der Waals surface area contributed by atoms with Crippen molar-refractivity contribution in [1.29, 1.82) is 0 Å². The average molecular weight is 265 g/mol. The summed E-state index contributed by atoms with van der Waals surface area (Å²) in [6, 6.07) is 7.85. The molecule has 2 N–H and O–H groups in total. The van der Waals surface area contributed by atoms with E-state index in [1.807, 2.05) is 12.1 Å². The van der Waals surface area contributed by atoms with Gasteiger partial charge in [-0.2, -0.15) is 0 Å². The highest BCUT2D eigenvalue weighted by atomic mass is 19.1. The largest absolute Gasteiger partial charge is 0.329 e. The van der Waals surface area contributed by atoms with Gasteiger partial charge in [0, 0.05) is 44.8 Å². The quantitative estimate of drug-likeness (QED) is 0.899. The maximum atomic E-state index is 12.9. The van der Waals surface area contributed by atoms with Crippen LogP contribution in [0.3, 0.4) is 0 Å². The third-order valence-corrected chi connectivity index (χ3v) is 3.96. The van der Waals surface area contributed by atoms with Crippen LogP contribution in [0.2, 0.25) is 0 Å². The topological polar surface area (TPSA) is 32.5 Å². The number of benzene rings is 1. The highest BCUT2D eigenvalue weighted by Crippen LogP contribution is 2.17. The third kappa shape index (κ3) is 3.75. The van der Waals surface area contributed by atoms with Crippen LogP contribution in [0, 0.1) is 5.82 Å².